The number of carbonyl (C=O) groups is 1. The van der Waals surface area contributed by atoms with E-state index in [9.17, 15) is 4.79 Å². The van der Waals surface area contributed by atoms with Gasteiger partial charge in [-0.1, -0.05) is 0 Å². The molecule has 0 aliphatic heterocycles. The summed E-state index contributed by atoms with van der Waals surface area (Å²) in [5.41, 5.74) is 5.74. The summed E-state index contributed by atoms with van der Waals surface area (Å²) in [5, 5.41) is 11.6. The average molecular weight is 214 g/mol. The molecule has 15 heavy (non-hydrogen) atoms. The lowest BCUT2D eigenvalue weighted by Crippen LogP contribution is -2.50. The number of aliphatic hydroxyl groups excluding tert-OH is 1. The molecule has 1 aliphatic carbocycles. The molecule has 0 saturated heterocycles. The quantitative estimate of drug-likeness (QED) is 0.604. The van der Waals surface area contributed by atoms with Crippen LogP contribution >= 0.6 is 0 Å². The fourth-order valence-corrected chi connectivity index (χ4v) is 1.92. The average Bonchev–Trinajstić information content (AvgIpc) is 2.12. The molecule has 0 aromatic carbocycles. The van der Waals surface area contributed by atoms with Crippen LogP contribution in [0.4, 0.5) is 0 Å². The molecule has 1 saturated carbocycles. The Balaban J connectivity index is 2.17. The fourth-order valence-electron chi connectivity index (χ4n) is 1.92. The molecule has 1 unspecified atom stereocenters. The summed E-state index contributed by atoms with van der Waals surface area (Å²) >= 11 is 0. The summed E-state index contributed by atoms with van der Waals surface area (Å²) in [4.78, 5) is 11.6. The van der Waals surface area contributed by atoms with E-state index >= 15 is 0 Å². The maximum Gasteiger partial charge on any atom is 0.222 e. The lowest BCUT2D eigenvalue weighted by atomic mass is 9.75. The lowest BCUT2D eigenvalue weighted by molar-refractivity contribution is -0.123. The minimum Gasteiger partial charge on any atom is -0.396 e. The normalized spacial score (nSPS) is 20.5. The Labute approximate surface area is 91.2 Å². The van der Waals surface area contributed by atoms with Crippen LogP contribution < -0.4 is 11.1 Å². The van der Waals surface area contributed by atoms with Crippen LogP contribution in [0.15, 0.2) is 0 Å². The van der Waals surface area contributed by atoms with Crippen molar-refractivity contribution in [2.24, 2.45) is 5.73 Å². The van der Waals surface area contributed by atoms with Gasteiger partial charge in [0, 0.05) is 24.6 Å². The zero-order chi connectivity index (χ0) is 11.3. The summed E-state index contributed by atoms with van der Waals surface area (Å²) in [6.07, 6.45) is 5.06. The smallest absolute Gasteiger partial charge is 0.222 e. The van der Waals surface area contributed by atoms with E-state index in [1.165, 1.54) is 0 Å². The Kier molecular flexibility index (Phi) is 4.54. The van der Waals surface area contributed by atoms with Crippen molar-refractivity contribution in [3.8, 4) is 0 Å². The van der Waals surface area contributed by atoms with E-state index in [2.05, 4.69) is 5.32 Å². The Morgan fingerprint density at radius 3 is 2.73 bits per heavy atom. The topological polar surface area (TPSA) is 75.3 Å². The molecule has 0 spiro atoms. The number of nitrogens with two attached hydrogens (primary N) is 1. The number of carbonyl (C=O) groups excluding carboxylic acids is 1. The highest BCUT2D eigenvalue weighted by molar-refractivity contribution is 5.77. The number of nitrogens with one attached hydrogen (secondary N) is 1. The van der Waals surface area contributed by atoms with Crippen LogP contribution in [0, 0.1) is 0 Å². The standard InChI is InChI=1S/C11H22N2O2/c1-9(4-2-7-14)13-10(15)8-11(12)5-3-6-11/h9,14H,2-8,12H2,1H3,(H,13,15). The number of aliphatic hydroxyl groups is 1. The van der Waals surface area contributed by atoms with Crippen LogP contribution in [-0.4, -0.2) is 29.2 Å². The van der Waals surface area contributed by atoms with Crippen molar-refractivity contribution in [2.75, 3.05) is 6.61 Å². The zero-order valence-electron chi connectivity index (χ0n) is 9.46. The molecule has 88 valence electrons. The van der Waals surface area contributed by atoms with E-state index in [1.807, 2.05) is 6.92 Å². The van der Waals surface area contributed by atoms with Gasteiger partial charge in [-0.15, -0.1) is 0 Å². The van der Waals surface area contributed by atoms with Gasteiger partial charge in [0.2, 0.25) is 5.91 Å². The van der Waals surface area contributed by atoms with Gasteiger partial charge in [-0.3, -0.25) is 4.79 Å². The van der Waals surface area contributed by atoms with Crippen LogP contribution in [0.5, 0.6) is 0 Å². The van der Waals surface area contributed by atoms with E-state index in [-0.39, 0.29) is 24.1 Å². The minimum atomic E-state index is -0.235. The molecule has 4 N–H and O–H groups in total. The van der Waals surface area contributed by atoms with Crippen molar-refractivity contribution in [1.82, 2.24) is 5.32 Å². The second-order valence-electron chi connectivity index (χ2n) is 4.73. The summed E-state index contributed by atoms with van der Waals surface area (Å²) in [7, 11) is 0. The molecule has 1 aliphatic rings. The number of rotatable bonds is 6. The van der Waals surface area contributed by atoms with Gasteiger partial charge in [-0.2, -0.15) is 0 Å². The predicted octanol–water partition coefficient (Wildman–Crippen LogP) is 0.535. The van der Waals surface area contributed by atoms with Gasteiger partial charge in [-0.25, -0.2) is 0 Å². The van der Waals surface area contributed by atoms with E-state index in [4.69, 9.17) is 10.8 Å². The van der Waals surface area contributed by atoms with Crippen molar-refractivity contribution in [1.29, 1.82) is 0 Å². The first-order valence-electron chi connectivity index (χ1n) is 5.75. The monoisotopic (exact) mass is 214 g/mol. The second kappa shape index (κ2) is 5.47. The van der Waals surface area contributed by atoms with Crippen LogP contribution in [0.1, 0.15) is 45.4 Å². The predicted molar refractivity (Wildman–Crippen MR) is 59.3 cm³/mol. The first-order chi connectivity index (χ1) is 7.06. The molecular weight excluding hydrogens is 192 g/mol. The molecule has 1 atom stereocenters. The van der Waals surface area contributed by atoms with Crippen LogP contribution in [-0.2, 0) is 4.79 Å². The molecule has 1 amide bonds. The van der Waals surface area contributed by atoms with E-state index < -0.39 is 0 Å². The number of hydrogen-bond donors (Lipinski definition) is 3. The molecule has 0 aromatic rings. The van der Waals surface area contributed by atoms with Crippen molar-refractivity contribution in [3.63, 3.8) is 0 Å². The summed E-state index contributed by atoms with van der Waals surface area (Å²) < 4.78 is 0. The molecule has 1 rings (SSSR count). The summed E-state index contributed by atoms with van der Waals surface area (Å²) in [6, 6.07) is 0.133. The first kappa shape index (κ1) is 12.5. The Bertz CT molecular complexity index is 215. The Morgan fingerprint density at radius 2 is 2.27 bits per heavy atom. The minimum absolute atomic E-state index is 0.0441. The van der Waals surface area contributed by atoms with Crippen molar-refractivity contribution in [3.05, 3.63) is 0 Å². The van der Waals surface area contributed by atoms with Crippen molar-refractivity contribution < 1.29 is 9.90 Å². The van der Waals surface area contributed by atoms with Gasteiger partial charge < -0.3 is 16.2 Å². The van der Waals surface area contributed by atoms with E-state index in [0.29, 0.717) is 6.42 Å². The van der Waals surface area contributed by atoms with Gasteiger partial charge in [0.25, 0.3) is 0 Å². The SMILES string of the molecule is CC(CCCO)NC(=O)CC1(N)CCC1. The summed E-state index contributed by atoms with van der Waals surface area (Å²) in [5.74, 6) is 0.0441. The van der Waals surface area contributed by atoms with Crippen molar-refractivity contribution in [2.45, 2.75) is 57.0 Å². The van der Waals surface area contributed by atoms with Crippen LogP contribution in [0.25, 0.3) is 0 Å². The molecule has 4 nitrogen and oxygen atoms in total. The third-order valence-corrected chi connectivity index (χ3v) is 3.06. The Hall–Kier alpha value is -0.610. The lowest BCUT2D eigenvalue weighted by Gasteiger charge is -2.37. The van der Waals surface area contributed by atoms with Gasteiger partial charge in [-0.05, 0) is 39.0 Å². The number of hydrogen-bond acceptors (Lipinski definition) is 3. The van der Waals surface area contributed by atoms with Crippen LogP contribution in [0.3, 0.4) is 0 Å². The van der Waals surface area contributed by atoms with Gasteiger partial charge in [0.05, 0.1) is 0 Å². The summed E-state index contributed by atoms with van der Waals surface area (Å²) in [6.45, 7) is 2.14. The maximum absolute atomic E-state index is 11.6. The van der Waals surface area contributed by atoms with E-state index in [0.717, 1.165) is 32.1 Å². The fraction of sp³-hybridized carbons (Fsp3) is 0.909. The highest BCUT2D eigenvalue weighted by Gasteiger charge is 2.34. The van der Waals surface area contributed by atoms with E-state index in [1.54, 1.807) is 0 Å². The zero-order valence-corrected chi connectivity index (χ0v) is 9.46. The number of amides is 1. The molecule has 0 bridgehead atoms. The van der Waals surface area contributed by atoms with Gasteiger partial charge in [0.1, 0.15) is 0 Å². The van der Waals surface area contributed by atoms with Crippen molar-refractivity contribution >= 4 is 5.91 Å². The van der Waals surface area contributed by atoms with Crippen LogP contribution in [0.2, 0.25) is 0 Å². The molecule has 0 aromatic heterocycles. The Morgan fingerprint density at radius 1 is 1.60 bits per heavy atom. The highest BCUT2D eigenvalue weighted by Crippen LogP contribution is 2.31. The third kappa shape index (κ3) is 4.18. The molecule has 0 heterocycles. The van der Waals surface area contributed by atoms with Gasteiger partial charge >= 0.3 is 0 Å². The second-order valence-corrected chi connectivity index (χ2v) is 4.73. The maximum atomic E-state index is 11.6. The molecule has 0 radical (unpaired) electrons. The first-order valence-corrected chi connectivity index (χ1v) is 5.75. The van der Waals surface area contributed by atoms with Gasteiger partial charge in [0.15, 0.2) is 0 Å². The highest BCUT2D eigenvalue weighted by atomic mass is 16.2. The molecule has 1 fully saturated rings. The molecule has 4 heteroatoms. The third-order valence-electron chi connectivity index (χ3n) is 3.06. The molecular formula is C11H22N2O2. The largest absolute Gasteiger partial charge is 0.396 e.